The molecule has 31 heavy (non-hydrogen) atoms. The third kappa shape index (κ3) is 5.28. The molecule has 0 unspecified atom stereocenters. The van der Waals surface area contributed by atoms with E-state index in [4.69, 9.17) is 4.74 Å². The van der Waals surface area contributed by atoms with Gasteiger partial charge in [-0.3, -0.25) is 4.98 Å². The van der Waals surface area contributed by atoms with Crippen LogP contribution in [0, 0.1) is 17.7 Å². The van der Waals surface area contributed by atoms with Crippen molar-refractivity contribution in [3.8, 4) is 5.75 Å². The molecule has 170 valence electrons. The molecule has 8 nitrogen and oxygen atoms in total. The number of aromatic amines is 1. The van der Waals surface area contributed by atoms with Gasteiger partial charge in [0.1, 0.15) is 0 Å². The van der Waals surface area contributed by atoms with E-state index in [9.17, 15) is 22.4 Å². The van der Waals surface area contributed by atoms with Crippen LogP contribution in [0.5, 0.6) is 5.75 Å². The van der Waals surface area contributed by atoms with E-state index in [0.29, 0.717) is 38.5 Å². The molecule has 0 radical (unpaired) electrons. The number of ether oxygens (including phenoxy) is 1. The van der Waals surface area contributed by atoms with E-state index in [1.807, 2.05) is 6.92 Å². The zero-order valence-corrected chi connectivity index (χ0v) is 18.4. The van der Waals surface area contributed by atoms with Gasteiger partial charge in [-0.2, -0.15) is 0 Å². The van der Waals surface area contributed by atoms with E-state index in [1.165, 1.54) is 15.4 Å². The molecule has 1 aromatic heterocycles. The standard InChI is InChI=1S/C21H28FN3O5S/c1-14(17-6-7-18(22)19(9-17)30-12-15-4-5-15)13-31(28,29)8-2-3-16-10-24-20(26)23-21(27)25(24)11-16/h6-7,9,14-16H,2-5,8,10-13H2,1H3,(H,23,26,27)/t14-/m0/s1. The Bertz CT molecular complexity index is 1130. The van der Waals surface area contributed by atoms with Crippen LogP contribution < -0.4 is 16.1 Å². The number of aromatic nitrogens is 3. The summed E-state index contributed by atoms with van der Waals surface area (Å²) in [6.45, 7) is 3.16. The van der Waals surface area contributed by atoms with Crippen LogP contribution in [0.15, 0.2) is 27.8 Å². The number of halogens is 1. The van der Waals surface area contributed by atoms with Gasteiger partial charge in [0.2, 0.25) is 0 Å². The molecule has 2 heterocycles. The van der Waals surface area contributed by atoms with E-state index in [-0.39, 0.29) is 29.1 Å². The molecule has 1 fully saturated rings. The van der Waals surface area contributed by atoms with Gasteiger partial charge in [-0.1, -0.05) is 13.0 Å². The van der Waals surface area contributed by atoms with Gasteiger partial charge in [0.05, 0.1) is 18.1 Å². The van der Waals surface area contributed by atoms with E-state index in [1.54, 1.807) is 12.1 Å². The lowest BCUT2D eigenvalue weighted by molar-refractivity contribution is 0.285. The summed E-state index contributed by atoms with van der Waals surface area (Å²) in [6.07, 6.45) is 3.31. The molecule has 1 aromatic carbocycles. The maximum atomic E-state index is 14.0. The van der Waals surface area contributed by atoms with Gasteiger partial charge >= 0.3 is 11.4 Å². The zero-order chi connectivity index (χ0) is 22.2. The average molecular weight is 454 g/mol. The van der Waals surface area contributed by atoms with Crippen molar-refractivity contribution >= 4 is 9.84 Å². The minimum absolute atomic E-state index is 0.0233. The van der Waals surface area contributed by atoms with Crippen molar-refractivity contribution in [2.24, 2.45) is 11.8 Å². The first kappa shape index (κ1) is 21.9. The molecular formula is C21H28FN3O5S. The summed E-state index contributed by atoms with van der Waals surface area (Å²) >= 11 is 0. The van der Waals surface area contributed by atoms with Gasteiger partial charge < -0.3 is 4.74 Å². The molecule has 1 aliphatic carbocycles. The van der Waals surface area contributed by atoms with Crippen molar-refractivity contribution in [1.82, 2.24) is 14.3 Å². The largest absolute Gasteiger partial charge is 0.490 e. The van der Waals surface area contributed by atoms with Crippen LogP contribution in [-0.2, 0) is 22.9 Å². The number of fused-ring (bicyclic) bond motifs is 1. The summed E-state index contributed by atoms with van der Waals surface area (Å²) in [5.41, 5.74) is -0.105. The average Bonchev–Trinajstić information content (AvgIpc) is 3.37. The van der Waals surface area contributed by atoms with E-state index in [0.717, 1.165) is 18.4 Å². The molecule has 1 saturated carbocycles. The third-order valence-corrected chi connectivity index (χ3v) is 8.02. The summed E-state index contributed by atoms with van der Waals surface area (Å²) in [7, 11) is -3.31. The molecule has 0 amide bonds. The Kier molecular flexibility index (Phi) is 6.09. The molecule has 10 heteroatoms. The Morgan fingerprint density at radius 1 is 1.16 bits per heavy atom. The van der Waals surface area contributed by atoms with Crippen LogP contribution >= 0.6 is 0 Å². The quantitative estimate of drug-likeness (QED) is 0.592. The van der Waals surface area contributed by atoms with Crippen molar-refractivity contribution < 1.29 is 17.5 Å². The van der Waals surface area contributed by atoms with Gasteiger partial charge in [-0.15, -0.1) is 0 Å². The van der Waals surface area contributed by atoms with Crippen molar-refractivity contribution in [3.05, 3.63) is 50.5 Å². The van der Waals surface area contributed by atoms with Gasteiger partial charge in [0.25, 0.3) is 0 Å². The van der Waals surface area contributed by atoms with Crippen LogP contribution in [0.3, 0.4) is 0 Å². The van der Waals surface area contributed by atoms with Gasteiger partial charge in [0.15, 0.2) is 21.4 Å². The molecule has 4 rings (SSSR count). The van der Waals surface area contributed by atoms with Crippen LogP contribution in [0.1, 0.15) is 44.1 Å². The number of nitrogens with one attached hydrogen (secondary N) is 1. The Morgan fingerprint density at radius 2 is 1.84 bits per heavy atom. The van der Waals surface area contributed by atoms with Crippen molar-refractivity contribution in [2.75, 3.05) is 18.1 Å². The number of hydrogen-bond acceptors (Lipinski definition) is 5. The highest BCUT2D eigenvalue weighted by molar-refractivity contribution is 7.91. The maximum Gasteiger partial charge on any atom is 0.344 e. The second kappa shape index (κ2) is 8.64. The lowest BCUT2D eigenvalue weighted by Gasteiger charge is -2.15. The lowest BCUT2D eigenvalue weighted by atomic mass is 10.0. The smallest absolute Gasteiger partial charge is 0.344 e. The molecule has 1 aliphatic heterocycles. The van der Waals surface area contributed by atoms with Crippen molar-refractivity contribution in [2.45, 2.75) is 51.6 Å². The molecule has 0 spiro atoms. The minimum Gasteiger partial charge on any atom is -0.490 e. The molecule has 1 N–H and O–H groups in total. The highest BCUT2D eigenvalue weighted by Crippen LogP contribution is 2.31. The predicted octanol–water partition coefficient (Wildman–Crippen LogP) is 1.89. The Labute approximate surface area is 179 Å². The van der Waals surface area contributed by atoms with Crippen LogP contribution in [-0.4, -0.2) is 40.9 Å². The Hall–Kier alpha value is -2.36. The summed E-state index contributed by atoms with van der Waals surface area (Å²) < 4.78 is 47.5. The Balaban J connectivity index is 1.28. The van der Waals surface area contributed by atoms with E-state index < -0.39 is 27.0 Å². The first-order valence-corrected chi connectivity index (χ1v) is 12.6. The third-order valence-electron chi connectivity index (χ3n) is 6.10. The Morgan fingerprint density at radius 3 is 2.48 bits per heavy atom. The van der Waals surface area contributed by atoms with Crippen molar-refractivity contribution in [1.29, 1.82) is 0 Å². The first-order valence-electron chi connectivity index (χ1n) is 10.7. The second-order valence-corrected chi connectivity index (χ2v) is 11.1. The lowest BCUT2D eigenvalue weighted by Crippen LogP contribution is -2.20. The SMILES string of the molecule is C[C@@H](CS(=O)(=O)CCCC1Cn2c(=O)[nH]c(=O)n2C1)c1ccc(F)c(OCC2CC2)c1. The van der Waals surface area contributed by atoms with Gasteiger partial charge in [0, 0.05) is 13.1 Å². The highest BCUT2D eigenvalue weighted by Gasteiger charge is 2.26. The fourth-order valence-electron chi connectivity index (χ4n) is 4.11. The van der Waals surface area contributed by atoms with E-state index in [2.05, 4.69) is 4.98 Å². The molecule has 1 atom stereocenters. The predicted molar refractivity (Wildman–Crippen MR) is 114 cm³/mol. The molecule has 0 bridgehead atoms. The number of hydrogen-bond donors (Lipinski definition) is 1. The highest BCUT2D eigenvalue weighted by atomic mass is 32.2. The number of nitrogens with zero attached hydrogens (tertiary/aromatic N) is 2. The molecule has 2 aromatic rings. The van der Waals surface area contributed by atoms with Crippen LogP contribution in [0.25, 0.3) is 0 Å². The summed E-state index contributed by atoms with van der Waals surface area (Å²) in [6, 6.07) is 4.56. The van der Waals surface area contributed by atoms with Crippen LogP contribution in [0.2, 0.25) is 0 Å². The normalized spacial score (nSPS) is 17.6. The summed E-state index contributed by atoms with van der Waals surface area (Å²) in [5.74, 6) is 0.0686. The number of sulfone groups is 1. The topological polar surface area (TPSA) is 103 Å². The molecule has 2 aliphatic rings. The molecule has 0 saturated heterocycles. The maximum absolute atomic E-state index is 14.0. The second-order valence-electron chi connectivity index (χ2n) is 8.87. The zero-order valence-electron chi connectivity index (χ0n) is 17.5. The number of benzene rings is 1. The molecular weight excluding hydrogens is 425 g/mol. The first-order chi connectivity index (χ1) is 14.7. The van der Waals surface area contributed by atoms with Gasteiger partial charge in [-0.25, -0.2) is 31.8 Å². The number of rotatable bonds is 10. The number of H-pyrrole nitrogens is 1. The summed E-state index contributed by atoms with van der Waals surface area (Å²) in [4.78, 5) is 25.5. The minimum atomic E-state index is -3.31. The van der Waals surface area contributed by atoms with Gasteiger partial charge in [-0.05, 0) is 61.1 Å². The summed E-state index contributed by atoms with van der Waals surface area (Å²) in [5, 5.41) is 0. The van der Waals surface area contributed by atoms with Crippen molar-refractivity contribution in [3.63, 3.8) is 0 Å². The monoisotopic (exact) mass is 453 g/mol. The fourth-order valence-corrected chi connectivity index (χ4v) is 5.84. The van der Waals surface area contributed by atoms with Crippen LogP contribution in [0.4, 0.5) is 4.39 Å². The van der Waals surface area contributed by atoms with E-state index >= 15 is 0 Å². The fraction of sp³-hybridized carbons (Fsp3) is 0.619.